The van der Waals surface area contributed by atoms with Gasteiger partial charge in [0.15, 0.2) is 0 Å². The Morgan fingerprint density at radius 2 is 1.63 bits per heavy atom. The van der Waals surface area contributed by atoms with E-state index in [2.05, 4.69) is 26.6 Å². The van der Waals surface area contributed by atoms with Crippen LogP contribution >= 0.6 is 0 Å². The predicted molar refractivity (Wildman–Crippen MR) is 108 cm³/mol. The van der Waals surface area contributed by atoms with E-state index < -0.39 is 0 Å². The Balaban J connectivity index is 1.62. The van der Waals surface area contributed by atoms with E-state index in [0.717, 1.165) is 44.3 Å². The lowest BCUT2D eigenvalue weighted by molar-refractivity contribution is 0.475. The number of phenolic OH excluding ortho intramolecular Hbond substituents is 1. The summed E-state index contributed by atoms with van der Waals surface area (Å²) in [6.07, 6.45) is 3.63. The van der Waals surface area contributed by atoms with E-state index in [1.807, 2.05) is 54.7 Å². The zero-order chi connectivity index (χ0) is 18.2. The molecule has 27 heavy (non-hydrogen) atoms. The van der Waals surface area contributed by atoms with Crippen LogP contribution in [0.3, 0.4) is 0 Å². The standard InChI is InChI=1S/C22H16N4O/c27-16-7-4-14(5-8-16)15-6-9-19-17(12-15)21(10-11-23-19)25-20-2-1-3-22-18(20)13-24-26-22/h1-13,27H,(H,23,25)(H,24,26). The first-order chi connectivity index (χ1) is 13.3. The number of H-pyrrole nitrogens is 1. The lowest BCUT2D eigenvalue weighted by Crippen LogP contribution is -1.93. The van der Waals surface area contributed by atoms with Crippen LogP contribution in [-0.4, -0.2) is 20.3 Å². The molecule has 0 saturated heterocycles. The van der Waals surface area contributed by atoms with Crippen molar-refractivity contribution in [2.24, 2.45) is 0 Å². The first kappa shape index (κ1) is 15.4. The molecular formula is C22H16N4O. The molecular weight excluding hydrogens is 336 g/mol. The first-order valence-corrected chi connectivity index (χ1v) is 8.65. The number of aromatic hydroxyl groups is 1. The molecule has 0 aliphatic carbocycles. The van der Waals surface area contributed by atoms with Crippen molar-refractivity contribution in [3.63, 3.8) is 0 Å². The number of rotatable bonds is 3. The molecule has 0 spiro atoms. The average Bonchev–Trinajstić information content (AvgIpc) is 3.18. The van der Waals surface area contributed by atoms with Crippen molar-refractivity contribution in [1.29, 1.82) is 0 Å². The topological polar surface area (TPSA) is 73.8 Å². The highest BCUT2D eigenvalue weighted by atomic mass is 16.3. The largest absolute Gasteiger partial charge is 0.508 e. The Bertz CT molecular complexity index is 1260. The van der Waals surface area contributed by atoms with Gasteiger partial charge in [0.25, 0.3) is 0 Å². The first-order valence-electron chi connectivity index (χ1n) is 8.65. The summed E-state index contributed by atoms with van der Waals surface area (Å²) in [4.78, 5) is 4.49. The molecule has 5 rings (SSSR count). The van der Waals surface area contributed by atoms with E-state index in [4.69, 9.17) is 0 Å². The number of nitrogens with zero attached hydrogens (tertiary/aromatic N) is 2. The molecule has 2 aromatic heterocycles. The third-order valence-corrected chi connectivity index (χ3v) is 4.70. The molecule has 0 amide bonds. The second-order valence-electron chi connectivity index (χ2n) is 6.40. The summed E-state index contributed by atoms with van der Waals surface area (Å²) >= 11 is 0. The van der Waals surface area contributed by atoms with Crippen molar-refractivity contribution < 1.29 is 5.11 Å². The van der Waals surface area contributed by atoms with E-state index in [1.165, 1.54) is 0 Å². The normalized spacial score (nSPS) is 11.1. The third-order valence-electron chi connectivity index (χ3n) is 4.70. The highest BCUT2D eigenvalue weighted by molar-refractivity contribution is 5.99. The fourth-order valence-electron chi connectivity index (χ4n) is 3.31. The number of pyridine rings is 1. The van der Waals surface area contributed by atoms with Crippen LogP contribution in [0.15, 0.2) is 79.1 Å². The van der Waals surface area contributed by atoms with Crippen LogP contribution in [0.4, 0.5) is 11.4 Å². The van der Waals surface area contributed by atoms with E-state index in [-0.39, 0.29) is 5.75 Å². The van der Waals surface area contributed by atoms with Crippen molar-refractivity contribution in [3.8, 4) is 16.9 Å². The molecule has 0 atom stereocenters. The van der Waals surface area contributed by atoms with Crippen molar-refractivity contribution in [1.82, 2.24) is 15.2 Å². The molecule has 0 aliphatic heterocycles. The van der Waals surface area contributed by atoms with Gasteiger partial charge in [0.05, 0.1) is 17.2 Å². The summed E-state index contributed by atoms with van der Waals surface area (Å²) in [7, 11) is 0. The fourth-order valence-corrected chi connectivity index (χ4v) is 3.31. The highest BCUT2D eigenvalue weighted by Crippen LogP contribution is 2.32. The molecule has 0 fully saturated rings. The minimum absolute atomic E-state index is 0.261. The zero-order valence-corrected chi connectivity index (χ0v) is 14.3. The Morgan fingerprint density at radius 1 is 0.815 bits per heavy atom. The van der Waals surface area contributed by atoms with Gasteiger partial charge in [0.2, 0.25) is 0 Å². The number of hydrogen-bond acceptors (Lipinski definition) is 4. The van der Waals surface area contributed by atoms with Gasteiger partial charge in [-0.05, 0) is 53.6 Å². The van der Waals surface area contributed by atoms with Gasteiger partial charge in [-0.25, -0.2) is 0 Å². The molecule has 0 bridgehead atoms. The molecule has 5 nitrogen and oxygen atoms in total. The summed E-state index contributed by atoms with van der Waals surface area (Å²) in [6.45, 7) is 0. The lowest BCUT2D eigenvalue weighted by atomic mass is 10.0. The number of hydrogen-bond donors (Lipinski definition) is 3. The number of fused-ring (bicyclic) bond motifs is 2. The second-order valence-corrected chi connectivity index (χ2v) is 6.40. The molecule has 5 heteroatoms. The Morgan fingerprint density at radius 3 is 2.52 bits per heavy atom. The molecule has 3 N–H and O–H groups in total. The van der Waals surface area contributed by atoms with Crippen LogP contribution in [0.2, 0.25) is 0 Å². The summed E-state index contributed by atoms with van der Waals surface area (Å²) < 4.78 is 0. The van der Waals surface area contributed by atoms with Crippen LogP contribution in [0.5, 0.6) is 5.75 Å². The molecule has 2 heterocycles. The van der Waals surface area contributed by atoms with Crippen molar-refractivity contribution >= 4 is 33.2 Å². The van der Waals surface area contributed by atoms with Crippen molar-refractivity contribution in [2.45, 2.75) is 0 Å². The van der Waals surface area contributed by atoms with Crippen molar-refractivity contribution in [2.75, 3.05) is 5.32 Å². The molecule has 0 unspecified atom stereocenters. The van der Waals surface area contributed by atoms with Crippen molar-refractivity contribution in [3.05, 3.63) is 79.1 Å². The van der Waals surface area contributed by atoms with Gasteiger partial charge < -0.3 is 10.4 Å². The third kappa shape index (κ3) is 2.75. The van der Waals surface area contributed by atoms with Gasteiger partial charge in [0, 0.05) is 28.3 Å². The van der Waals surface area contributed by atoms with Crippen LogP contribution in [0.25, 0.3) is 32.9 Å². The van der Waals surface area contributed by atoms with Gasteiger partial charge >= 0.3 is 0 Å². The predicted octanol–water partition coefficient (Wildman–Crippen LogP) is 5.23. The maximum atomic E-state index is 9.52. The minimum atomic E-state index is 0.261. The van der Waals surface area contributed by atoms with E-state index >= 15 is 0 Å². The van der Waals surface area contributed by atoms with Gasteiger partial charge in [-0.2, -0.15) is 5.10 Å². The Kier molecular flexibility index (Phi) is 3.50. The zero-order valence-electron chi connectivity index (χ0n) is 14.3. The molecule has 0 saturated carbocycles. The maximum absolute atomic E-state index is 9.52. The van der Waals surface area contributed by atoms with Gasteiger partial charge in [-0.1, -0.05) is 24.3 Å². The summed E-state index contributed by atoms with van der Waals surface area (Å²) in [5.74, 6) is 0.261. The maximum Gasteiger partial charge on any atom is 0.115 e. The van der Waals surface area contributed by atoms with E-state index in [1.54, 1.807) is 18.3 Å². The van der Waals surface area contributed by atoms with Crippen LogP contribution in [0, 0.1) is 0 Å². The number of aromatic amines is 1. The number of aromatic nitrogens is 3. The summed E-state index contributed by atoms with van der Waals surface area (Å²) in [5.41, 5.74) is 5.99. The highest BCUT2D eigenvalue weighted by Gasteiger charge is 2.08. The molecule has 130 valence electrons. The monoisotopic (exact) mass is 352 g/mol. The van der Waals surface area contributed by atoms with Crippen LogP contribution < -0.4 is 5.32 Å². The van der Waals surface area contributed by atoms with Crippen LogP contribution in [0.1, 0.15) is 0 Å². The molecule has 0 aliphatic rings. The SMILES string of the molecule is Oc1ccc(-c2ccc3nccc(Nc4cccc5[nH]ncc45)c3c2)cc1. The number of benzene rings is 3. The fraction of sp³-hybridized carbons (Fsp3) is 0. The molecule has 5 aromatic rings. The van der Waals surface area contributed by atoms with E-state index in [0.29, 0.717) is 0 Å². The summed E-state index contributed by atoms with van der Waals surface area (Å²) in [5, 5.41) is 22.2. The Hall–Kier alpha value is -3.86. The second kappa shape index (κ2) is 6.14. The molecule has 0 radical (unpaired) electrons. The number of anilines is 2. The van der Waals surface area contributed by atoms with Gasteiger partial charge in [-0.15, -0.1) is 0 Å². The smallest absolute Gasteiger partial charge is 0.115 e. The lowest BCUT2D eigenvalue weighted by Gasteiger charge is -2.12. The average molecular weight is 352 g/mol. The quantitative estimate of drug-likeness (QED) is 0.416. The summed E-state index contributed by atoms with van der Waals surface area (Å²) in [6, 6.07) is 21.4. The minimum Gasteiger partial charge on any atom is -0.508 e. The van der Waals surface area contributed by atoms with E-state index in [9.17, 15) is 5.11 Å². The Labute approximate surface area is 155 Å². The number of phenols is 1. The molecule has 3 aromatic carbocycles. The van der Waals surface area contributed by atoms with Gasteiger partial charge in [0.1, 0.15) is 5.75 Å². The van der Waals surface area contributed by atoms with Gasteiger partial charge in [-0.3, -0.25) is 10.1 Å². The van der Waals surface area contributed by atoms with Crippen LogP contribution in [-0.2, 0) is 0 Å². The number of nitrogens with one attached hydrogen (secondary N) is 2.